The highest BCUT2D eigenvalue weighted by Gasteiger charge is 2.24. The first-order chi connectivity index (χ1) is 9.40. The minimum absolute atomic E-state index is 0. The minimum Gasteiger partial charge on any atom is -0.316 e. The average Bonchev–Trinajstić information content (AvgIpc) is 2.36. The first-order valence-corrected chi connectivity index (χ1v) is 8.90. The lowest BCUT2D eigenvalue weighted by Gasteiger charge is -2.23. The van der Waals surface area contributed by atoms with Gasteiger partial charge in [0.15, 0.2) is 0 Å². The fraction of sp³-hybridized carbons (Fsp3) is 0.500. The van der Waals surface area contributed by atoms with Gasteiger partial charge >= 0.3 is 0 Å². The maximum atomic E-state index is 13.1. The third-order valence-corrected chi connectivity index (χ3v) is 6.01. The van der Waals surface area contributed by atoms with Crippen molar-refractivity contribution in [2.45, 2.75) is 17.7 Å². The van der Waals surface area contributed by atoms with E-state index in [1.165, 1.54) is 0 Å². The lowest BCUT2D eigenvalue weighted by atomic mass is 10.0. The molecule has 1 fully saturated rings. The zero-order valence-electron chi connectivity index (χ0n) is 11.0. The molecule has 2 rings (SSSR count). The molecular weight excluding hydrogens is 406 g/mol. The van der Waals surface area contributed by atoms with E-state index in [2.05, 4.69) is 26.0 Å². The van der Waals surface area contributed by atoms with Crippen LogP contribution in [0.3, 0.4) is 0 Å². The molecule has 0 aliphatic carbocycles. The van der Waals surface area contributed by atoms with E-state index in [1.807, 2.05) is 0 Å². The van der Waals surface area contributed by atoms with Gasteiger partial charge in [-0.25, -0.2) is 17.5 Å². The van der Waals surface area contributed by atoms with Crippen molar-refractivity contribution in [2.75, 3.05) is 19.6 Å². The summed E-state index contributed by atoms with van der Waals surface area (Å²) in [5, 5.41) is 3.09. The molecule has 1 unspecified atom stereocenters. The Hall–Kier alpha value is 0.0800. The van der Waals surface area contributed by atoms with Crippen LogP contribution in [0, 0.1) is 11.7 Å². The third-order valence-electron chi connectivity index (χ3n) is 3.19. The van der Waals surface area contributed by atoms with Crippen molar-refractivity contribution in [3.05, 3.63) is 27.4 Å². The number of hydrogen-bond acceptors (Lipinski definition) is 3. The molecule has 0 radical (unpaired) electrons. The largest absolute Gasteiger partial charge is 0.316 e. The molecule has 0 spiro atoms. The third kappa shape index (κ3) is 5.04. The van der Waals surface area contributed by atoms with Crippen molar-refractivity contribution in [3.63, 3.8) is 0 Å². The standard InChI is InChI=1S/C12H15BrClFN2O2S.ClH/c13-10-4-9(15)5-11(14)12(10)20(18,19)17-7-8-2-1-3-16-6-8;/h4-5,8,16-17H,1-3,6-7H2;1H. The van der Waals surface area contributed by atoms with E-state index in [9.17, 15) is 12.8 Å². The van der Waals surface area contributed by atoms with Crippen LogP contribution in [0.15, 0.2) is 21.5 Å². The Labute approximate surface area is 143 Å². The second-order valence-corrected chi connectivity index (χ2v) is 7.73. The van der Waals surface area contributed by atoms with Crippen LogP contribution in [0.1, 0.15) is 12.8 Å². The van der Waals surface area contributed by atoms with Crippen molar-refractivity contribution in [3.8, 4) is 0 Å². The highest BCUT2D eigenvalue weighted by atomic mass is 79.9. The highest BCUT2D eigenvalue weighted by Crippen LogP contribution is 2.30. The summed E-state index contributed by atoms with van der Waals surface area (Å²) in [7, 11) is -3.76. The van der Waals surface area contributed by atoms with E-state index < -0.39 is 15.8 Å². The molecule has 120 valence electrons. The quantitative estimate of drug-likeness (QED) is 0.785. The summed E-state index contributed by atoms with van der Waals surface area (Å²) in [6.07, 6.45) is 2.02. The summed E-state index contributed by atoms with van der Waals surface area (Å²) >= 11 is 8.88. The number of sulfonamides is 1. The number of halogens is 4. The second-order valence-electron chi connectivity index (χ2n) is 4.76. The van der Waals surface area contributed by atoms with E-state index in [0.29, 0.717) is 6.54 Å². The molecule has 2 N–H and O–H groups in total. The molecule has 21 heavy (non-hydrogen) atoms. The lowest BCUT2D eigenvalue weighted by molar-refractivity contribution is 0.376. The van der Waals surface area contributed by atoms with Crippen molar-refractivity contribution in [1.82, 2.24) is 10.0 Å². The molecule has 1 heterocycles. The Bertz CT molecular complexity index is 572. The molecule has 1 saturated heterocycles. The summed E-state index contributed by atoms with van der Waals surface area (Å²) in [5.41, 5.74) is 0. The SMILES string of the molecule is Cl.O=S(=O)(NCC1CCCNC1)c1c(Cl)cc(F)cc1Br. The Morgan fingerprint density at radius 1 is 1.48 bits per heavy atom. The summed E-state index contributed by atoms with van der Waals surface area (Å²) in [6.45, 7) is 2.11. The summed E-state index contributed by atoms with van der Waals surface area (Å²) < 4.78 is 40.3. The van der Waals surface area contributed by atoms with Gasteiger partial charge in [-0.2, -0.15) is 0 Å². The lowest BCUT2D eigenvalue weighted by Crippen LogP contribution is -2.38. The van der Waals surface area contributed by atoms with Gasteiger partial charge in [0.2, 0.25) is 10.0 Å². The van der Waals surface area contributed by atoms with E-state index in [-0.39, 0.29) is 32.7 Å². The monoisotopic (exact) mass is 420 g/mol. The first-order valence-electron chi connectivity index (χ1n) is 6.25. The van der Waals surface area contributed by atoms with Crippen LogP contribution < -0.4 is 10.0 Å². The smallest absolute Gasteiger partial charge is 0.243 e. The molecular formula is C12H16BrCl2FN2O2S. The number of rotatable bonds is 4. The van der Waals surface area contributed by atoms with Crippen molar-refractivity contribution >= 4 is 50.0 Å². The van der Waals surface area contributed by atoms with Crippen molar-refractivity contribution in [2.24, 2.45) is 5.92 Å². The highest BCUT2D eigenvalue weighted by molar-refractivity contribution is 9.10. The number of piperidine rings is 1. The van der Waals surface area contributed by atoms with Crippen LogP contribution in [-0.2, 0) is 10.0 Å². The van der Waals surface area contributed by atoms with E-state index >= 15 is 0 Å². The number of hydrogen-bond donors (Lipinski definition) is 2. The zero-order chi connectivity index (χ0) is 14.8. The van der Waals surface area contributed by atoms with Gasteiger partial charge < -0.3 is 5.32 Å². The normalized spacial score (nSPS) is 19.1. The Morgan fingerprint density at radius 3 is 2.76 bits per heavy atom. The minimum atomic E-state index is -3.76. The van der Waals surface area contributed by atoms with Crippen LogP contribution >= 0.6 is 39.9 Å². The maximum absolute atomic E-state index is 13.1. The van der Waals surface area contributed by atoms with Crippen molar-refractivity contribution < 1.29 is 12.8 Å². The van der Waals surface area contributed by atoms with Gasteiger partial charge in [0.1, 0.15) is 10.7 Å². The van der Waals surface area contributed by atoms with Gasteiger partial charge in [0.25, 0.3) is 0 Å². The topological polar surface area (TPSA) is 58.2 Å². The van der Waals surface area contributed by atoms with Gasteiger partial charge in [-0.15, -0.1) is 12.4 Å². The molecule has 1 aromatic carbocycles. The number of benzene rings is 1. The van der Waals surface area contributed by atoms with E-state index in [1.54, 1.807) is 0 Å². The molecule has 1 atom stereocenters. The number of nitrogens with one attached hydrogen (secondary N) is 2. The summed E-state index contributed by atoms with van der Waals surface area (Å²) in [4.78, 5) is -0.121. The molecule has 0 bridgehead atoms. The Balaban J connectivity index is 0.00000220. The predicted octanol–water partition coefficient (Wildman–Crippen LogP) is 2.94. The second kappa shape index (κ2) is 8.08. The molecule has 4 nitrogen and oxygen atoms in total. The fourth-order valence-corrected chi connectivity index (χ4v) is 5.11. The molecule has 1 aliphatic rings. The van der Waals surface area contributed by atoms with Gasteiger partial charge in [-0.05, 0) is 59.9 Å². The van der Waals surface area contributed by atoms with Crippen molar-refractivity contribution in [1.29, 1.82) is 0 Å². The Kier molecular flexibility index (Phi) is 7.36. The van der Waals surface area contributed by atoms with Crippen LogP contribution in [-0.4, -0.2) is 28.1 Å². The molecule has 1 aromatic rings. The molecule has 1 aliphatic heterocycles. The van der Waals surface area contributed by atoms with E-state index in [4.69, 9.17) is 11.6 Å². The molecule has 0 saturated carbocycles. The van der Waals surface area contributed by atoms with Gasteiger partial charge in [-0.3, -0.25) is 0 Å². The summed E-state index contributed by atoms with van der Waals surface area (Å²) in [6, 6.07) is 2.08. The van der Waals surface area contributed by atoms with Crippen LogP contribution in [0.2, 0.25) is 5.02 Å². The Morgan fingerprint density at radius 2 is 2.19 bits per heavy atom. The van der Waals surface area contributed by atoms with Crippen LogP contribution in [0.4, 0.5) is 4.39 Å². The predicted molar refractivity (Wildman–Crippen MR) is 87.1 cm³/mol. The molecule has 9 heteroatoms. The van der Waals surface area contributed by atoms with Crippen LogP contribution in [0.25, 0.3) is 0 Å². The summed E-state index contributed by atoms with van der Waals surface area (Å²) in [5.74, 6) is -0.325. The van der Waals surface area contributed by atoms with Gasteiger partial charge in [0, 0.05) is 11.0 Å². The fourth-order valence-electron chi connectivity index (χ4n) is 2.18. The van der Waals surface area contributed by atoms with Gasteiger partial charge in [-0.1, -0.05) is 11.6 Å². The van der Waals surface area contributed by atoms with E-state index in [0.717, 1.165) is 38.1 Å². The zero-order valence-corrected chi connectivity index (χ0v) is 15.0. The van der Waals surface area contributed by atoms with Crippen LogP contribution in [0.5, 0.6) is 0 Å². The first kappa shape index (κ1) is 19.1. The van der Waals surface area contributed by atoms with Gasteiger partial charge in [0.05, 0.1) is 5.02 Å². The average molecular weight is 422 g/mol. The molecule has 0 amide bonds. The maximum Gasteiger partial charge on any atom is 0.243 e. The molecule has 0 aromatic heterocycles.